The molecule has 1 N–H and O–H groups in total. The van der Waals surface area contributed by atoms with Crippen LogP contribution in [0.5, 0.6) is 0 Å². The van der Waals surface area contributed by atoms with Crippen molar-refractivity contribution in [1.82, 2.24) is 5.01 Å². The Morgan fingerprint density at radius 3 is 3.13 bits per heavy atom. The lowest BCUT2D eigenvalue weighted by Crippen LogP contribution is -2.46. The Balaban J connectivity index is 2.00. The molecule has 0 aromatic rings. The zero-order chi connectivity index (χ0) is 10.8. The van der Waals surface area contributed by atoms with Gasteiger partial charge < -0.3 is 9.84 Å². The monoisotopic (exact) mass is 213 g/mol. The van der Waals surface area contributed by atoms with Crippen molar-refractivity contribution in [2.24, 2.45) is 10.3 Å². The fraction of sp³-hybridized carbons (Fsp3) is 0.889. The van der Waals surface area contributed by atoms with E-state index in [1.54, 1.807) is 11.9 Å². The van der Waals surface area contributed by atoms with Crippen LogP contribution in [0.25, 0.3) is 0 Å². The number of fused-ring (bicyclic) bond motifs is 1. The van der Waals surface area contributed by atoms with Gasteiger partial charge in [-0.25, -0.2) is 4.79 Å². The number of aliphatic hydroxyl groups excluding tert-OH is 1. The van der Waals surface area contributed by atoms with Crippen molar-refractivity contribution >= 4 is 5.97 Å². The third-order valence-corrected chi connectivity index (χ3v) is 2.76. The van der Waals surface area contributed by atoms with Crippen LogP contribution in [0.2, 0.25) is 0 Å². The Hall–Kier alpha value is -1.17. The molecule has 0 aromatic heterocycles. The van der Waals surface area contributed by atoms with Crippen LogP contribution in [0.1, 0.15) is 19.8 Å². The molecule has 84 valence electrons. The van der Waals surface area contributed by atoms with Crippen LogP contribution in [0, 0.1) is 0 Å². The van der Waals surface area contributed by atoms with Gasteiger partial charge in [0.25, 0.3) is 0 Å². The Bertz CT molecular complexity index is 282. The van der Waals surface area contributed by atoms with E-state index in [-0.39, 0.29) is 18.1 Å². The number of hydrogen-bond donors (Lipinski definition) is 1. The molecule has 2 heterocycles. The fourth-order valence-corrected chi connectivity index (χ4v) is 2.01. The van der Waals surface area contributed by atoms with Gasteiger partial charge in [-0.05, 0) is 19.8 Å². The highest BCUT2D eigenvalue weighted by Gasteiger charge is 2.41. The molecule has 1 saturated heterocycles. The van der Waals surface area contributed by atoms with Crippen molar-refractivity contribution in [1.29, 1.82) is 0 Å². The second kappa shape index (κ2) is 4.14. The van der Waals surface area contributed by atoms with Crippen LogP contribution >= 0.6 is 0 Å². The van der Waals surface area contributed by atoms with E-state index in [0.29, 0.717) is 19.6 Å². The quantitative estimate of drug-likeness (QED) is 0.661. The van der Waals surface area contributed by atoms with E-state index < -0.39 is 6.04 Å². The number of ether oxygens (including phenoxy) is 1. The molecule has 2 rings (SSSR count). The molecule has 0 amide bonds. The molecule has 15 heavy (non-hydrogen) atoms. The minimum Gasteiger partial charge on any atom is -0.464 e. The lowest BCUT2D eigenvalue weighted by molar-refractivity contribution is -0.146. The minimum atomic E-state index is -0.502. The van der Waals surface area contributed by atoms with Crippen LogP contribution in [-0.4, -0.2) is 47.4 Å². The molecule has 2 aliphatic rings. The second-order valence-electron chi connectivity index (χ2n) is 3.82. The topological polar surface area (TPSA) is 74.5 Å². The van der Waals surface area contributed by atoms with Crippen LogP contribution in [-0.2, 0) is 9.53 Å². The van der Waals surface area contributed by atoms with Gasteiger partial charge in [0.15, 0.2) is 6.04 Å². The fourth-order valence-electron chi connectivity index (χ4n) is 2.01. The zero-order valence-corrected chi connectivity index (χ0v) is 8.67. The third kappa shape index (κ3) is 1.94. The average Bonchev–Trinajstić information content (AvgIpc) is 2.60. The first kappa shape index (κ1) is 10.4. The summed E-state index contributed by atoms with van der Waals surface area (Å²) in [6.07, 6.45) is 1.07. The zero-order valence-electron chi connectivity index (χ0n) is 8.67. The lowest BCUT2D eigenvalue weighted by atomic mass is 9.97. The van der Waals surface area contributed by atoms with Crippen molar-refractivity contribution in [3.8, 4) is 0 Å². The summed E-state index contributed by atoms with van der Waals surface area (Å²) in [7, 11) is 0. The molecule has 0 bridgehead atoms. The molecule has 6 heteroatoms. The van der Waals surface area contributed by atoms with E-state index in [1.165, 1.54) is 0 Å². The highest BCUT2D eigenvalue weighted by molar-refractivity contribution is 5.77. The van der Waals surface area contributed by atoms with E-state index in [2.05, 4.69) is 10.3 Å². The van der Waals surface area contributed by atoms with Gasteiger partial charge in [-0.15, -0.1) is 0 Å². The summed E-state index contributed by atoms with van der Waals surface area (Å²) in [5, 5.41) is 18.9. The Morgan fingerprint density at radius 1 is 1.60 bits per heavy atom. The van der Waals surface area contributed by atoms with Gasteiger partial charge in [-0.1, -0.05) is 5.22 Å². The van der Waals surface area contributed by atoms with E-state index in [4.69, 9.17) is 4.74 Å². The number of carbonyl (C=O) groups is 1. The van der Waals surface area contributed by atoms with Crippen molar-refractivity contribution in [2.45, 2.75) is 38.0 Å². The number of aliphatic hydroxyl groups is 1. The largest absolute Gasteiger partial charge is 0.464 e. The molecule has 0 aliphatic carbocycles. The Morgan fingerprint density at radius 2 is 2.40 bits per heavy atom. The van der Waals surface area contributed by atoms with Gasteiger partial charge in [0, 0.05) is 0 Å². The average molecular weight is 213 g/mol. The van der Waals surface area contributed by atoms with E-state index in [0.717, 1.165) is 6.42 Å². The first-order valence-electron chi connectivity index (χ1n) is 5.24. The number of nitrogens with zero attached hydrogens (tertiary/aromatic N) is 3. The third-order valence-electron chi connectivity index (χ3n) is 2.76. The summed E-state index contributed by atoms with van der Waals surface area (Å²) in [5.74, 6) is -0.315. The molecule has 6 nitrogen and oxygen atoms in total. The van der Waals surface area contributed by atoms with E-state index >= 15 is 0 Å². The molecule has 0 spiro atoms. The highest BCUT2D eigenvalue weighted by Crippen LogP contribution is 2.27. The maximum atomic E-state index is 11.5. The molecule has 0 aromatic carbocycles. The normalized spacial score (nSPS) is 34.0. The number of esters is 1. The standard InChI is InChI=1S/C9H15N3O3/c1-2-15-9(14)8-7-4-3-6(13)5-12(7)11-10-8/h6-8,13H,2-5H2,1H3/t6-,7-,8?/m0/s1. The summed E-state index contributed by atoms with van der Waals surface area (Å²) >= 11 is 0. The molecule has 0 saturated carbocycles. The highest BCUT2D eigenvalue weighted by atomic mass is 16.5. The van der Waals surface area contributed by atoms with Crippen LogP contribution in [0.3, 0.4) is 0 Å². The number of carbonyl (C=O) groups excluding carboxylic acids is 1. The number of hydrogen-bond acceptors (Lipinski definition) is 6. The van der Waals surface area contributed by atoms with Gasteiger partial charge in [0.05, 0.1) is 25.3 Å². The molecular weight excluding hydrogens is 198 g/mol. The first-order valence-corrected chi connectivity index (χ1v) is 5.24. The lowest BCUT2D eigenvalue weighted by Gasteiger charge is -2.31. The summed E-state index contributed by atoms with van der Waals surface area (Å²) in [6, 6.07) is -0.523. The maximum absolute atomic E-state index is 11.5. The van der Waals surface area contributed by atoms with Crippen molar-refractivity contribution in [2.75, 3.05) is 13.2 Å². The Kier molecular flexibility index (Phi) is 2.86. The van der Waals surface area contributed by atoms with E-state index in [9.17, 15) is 9.90 Å². The molecule has 2 aliphatic heterocycles. The minimum absolute atomic E-state index is 0.0209. The van der Waals surface area contributed by atoms with Crippen molar-refractivity contribution in [3.05, 3.63) is 0 Å². The van der Waals surface area contributed by atoms with Crippen molar-refractivity contribution < 1.29 is 14.6 Å². The number of rotatable bonds is 2. The summed E-state index contributed by atoms with van der Waals surface area (Å²) < 4.78 is 4.92. The summed E-state index contributed by atoms with van der Waals surface area (Å²) in [5.41, 5.74) is 0. The molecule has 1 unspecified atom stereocenters. The molecule has 3 atom stereocenters. The van der Waals surface area contributed by atoms with Gasteiger partial charge in [0.2, 0.25) is 0 Å². The van der Waals surface area contributed by atoms with Gasteiger partial charge in [-0.3, -0.25) is 5.01 Å². The van der Waals surface area contributed by atoms with Crippen LogP contribution in [0.15, 0.2) is 10.3 Å². The smallest absolute Gasteiger partial charge is 0.335 e. The second-order valence-corrected chi connectivity index (χ2v) is 3.82. The van der Waals surface area contributed by atoms with Gasteiger partial charge >= 0.3 is 5.97 Å². The van der Waals surface area contributed by atoms with Crippen LogP contribution in [0.4, 0.5) is 0 Å². The Labute approximate surface area is 87.9 Å². The SMILES string of the molecule is CCOC(=O)C1N=NN2C[C@@H](O)CC[C@@H]12. The molecule has 0 radical (unpaired) electrons. The summed E-state index contributed by atoms with van der Waals surface area (Å²) in [4.78, 5) is 11.5. The van der Waals surface area contributed by atoms with Crippen molar-refractivity contribution in [3.63, 3.8) is 0 Å². The van der Waals surface area contributed by atoms with E-state index in [1.807, 2.05) is 0 Å². The van der Waals surface area contributed by atoms with Gasteiger partial charge in [0.1, 0.15) is 0 Å². The van der Waals surface area contributed by atoms with Gasteiger partial charge in [-0.2, -0.15) is 5.11 Å². The van der Waals surface area contributed by atoms with Crippen LogP contribution < -0.4 is 0 Å². The molecule has 1 fully saturated rings. The number of piperidine rings is 1. The molecular formula is C9H15N3O3. The first-order chi connectivity index (χ1) is 7.22. The summed E-state index contributed by atoms with van der Waals surface area (Å²) in [6.45, 7) is 2.59. The predicted molar refractivity (Wildman–Crippen MR) is 51.0 cm³/mol. The predicted octanol–water partition coefficient (Wildman–Crippen LogP) is 0.124. The maximum Gasteiger partial charge on any atom is 0.335 e.